The number of pyridine rings is 1. The van der Waals surface area contributed by atoms with E-state index in [1.165, 1.54) is 4.31 Å². The number of morpholine rings is 1. The highest BCUT2D eigenvalue weighted by Crippen LogP contribution is 2.18. The van der Waals surface area contributed by atoms with Crippen molar-refractivity contribution < 1.29 is 22.9 Å². The average Bonchev–Trinajstić information content (AvgIpc) is 2.84. The first-order valence-corrected chi connectivity index (χ1v) is 11.8. The number of aromatic nitrogens is 1. The first-order valence-electron chi connectivity index (χ1n) is 10.4. The van der Waals surface area contributed by atoms with E-state index in [1.54, 1.807) is 36.4 Å². The zero-order chi connectivity index (χ0) is 21.7. The van der Waals surface area contributed by atoms with Crippen molar-refractivity contribution in [1.29, 1.82) is 0 Å². The number of carbonyl (C=O) groups excluding carboxylic acids is 1. The molecule has 1 aromatic carbocycles. The highest BCUT2D eigenvalue weighted by atomic mass is 32.2. The first kappa shape index (κ1) is 21.5. The van der Waals surface area contributed by atoms with Crippen LogP contribution in [-0.2, 0) is 19.6 Å². The number of anilines is 1. The standard InChI is InChI=1S/C22H26N4O4S/c27-22(25-13-11-24(12-14-25)21-3-1-2-10-23-21)9-6-19-4-7-20(8-5-19)31(28,29)26-15-17-30-18-16-26/h1-10H,11-18H2/p+1/b9-6+. The van der Waals surface area contributed by atoms with E-state index in [0.29, 0.717) is 39.4 Å². The molecule has 2 fully saturated rings. The van der Waals surface area contributed by atoms with Crippen LogP contribution in [0.4, 0.5) is 5.82 Å². The van der Waals surface area contributed by atoms with Crippen LogP contribution in [0.15, 0.2) is 59.6 Å². The Morgan fingerprint density at radius 1 is 0.935 bits per heavy atom. The molecule has 0 bridgehead atoms. The fourth-order valence-corrected chi connectivity index (χ4v) is 5.12. The molecule has 0 saturated carbocycles. The lowest BCUT2D eigenvalue weighted by atomic mass is 10.2. The Hall–Kier alpha value is -2.75. The fraction of sp³-hybridized carbons (Fsp3) is 0.364. The summed E-state index contributed by atoms with van der Waals surface area (Å²) in [5, 5.41) is 0. The molecule has 0 spiro atoms. The molecule has 0 atom stereocenters. The van der Waals surface area contributed by atoms with E-state index in [0.717, 1.165) is 24.5 Å². The summed E-state index contributed by atoms with van der Waals surface area (Å²) >= 11 is 0. The van der Waals surface area contributed by atoms with Gasteiger partial charge in [0.2, 0.25) is 15.9 Å². The molecule has 0 aliphatic carbocycles. The molecule has 1 N–H and O–H groups in total. The van der Waals surface area contributed by atoms with Gasteiger partial charge >= 0.3 is 0 Å². The van der Waals surface area contributed by atoms with Gasteiger partial charge in [-0.3, -0.25) is 9.69 Å². The molecule has 2 saturated heterocycles. The lowest BCUT2D eigenvalue weighted by molar-refractivity contribution is -0.364. The molecule has 2 aromatic rings. The van der Waals surface area contributed by atoms with Gasteiger partial charge < -0.3 is 9.64 Å². The number of piperazine rings is 1. The minimum absolute atomic E-state index is 0.0401. The third kappa shape index (κ3) is 5.12. The average molecular weight is 444 g/mol. The smallest absolute Gasteiger partial charge is 0.274 e. The van der Waals surface area contributed by atoms with Crippen LogP contribution in [0, 0.1) is 0 Å². The second-order valence-corrected chi connectivity index (χ2v) is 9.42. The van der Waals surface area contributed by atoms with E-state index in [4.69, 9.17) is 4.74 Å². The molecule has 1 amide bonds. The topological polar surface area (TPSA) is 84.3 Å². The summed E-state index contributed by atoms with van der Waals surface area (Å²) < 4.78 is 32.0. The SMILES string of the molecule is O=C(/C=C/c1ccc(S(=O)(=O)N2CCOCC2)cc1)N1CCN(c2cccc[nH+]2)CC1. The number of nitrogens with one attached hydrogen (secondary N) is 1. The summed E-state index contributed by atoms with van der Waals surface area (Å²) in [6.07, 6.45) is 5.17. The van der Waals surface area contributed by atoms with E-state index in [2.05, 4.69) is 9.88 Å². The quantitative estimate of drug-likeness (QED) is 0.641. The molecule has 2 aliphatic rings. The number of rotatable bonds is 5. The number of amides is 1. The van der Waals surface area contributed by atoms with Crippen molar-refractivity contribution in [2.75, 3.05) is 57.4 Å². The number of carbonyl (C=O) groups is 1. The largest absolute Gasteiger partial charge is 0.379 e. The Morgan fingerprint density at radius 3 is 2.29 bits per heavy atom. The second kappa shape index (κ2) is 9.59. The summed E-state index contributed by atoms with van der Waals surface area (Å²) in [5.74, 6) is 1.01. The number of benzene rings is 1. The monoisotopic (exact) mass is 443 g/mol. The number of hydrogen-bond acceptors (Lipinski definition) is 5. The maximum absolute atomic E-state index is 12.7. The van der Waals surface area contributed by atoms with Crippen LogP contribution in [0.3, 0.4) is 0 Å². The molecule has 2 aliphatic heterocycles. The zero-order valence-corrected chi connectivity index (χ0v) is 18.1. The number of ether oxygens (including phenoxy) is 1. The number of sulfonamides is 1. The van der Waals surface area contributed by atoms with Gasteiger partial charge in [-0.25, -0.2) is 13.4 Å². The van der Waals surface area contributed by atoms with Gasteiger partial charge in [0, 0.05) is 25.2 Å². The van der Waals surface area contributed by atoms with Gasteiger partial charge in [0.25, 0.3) is 5.82 Å². The first-order chi connectivity index (χ1) is 15.0. The maximum Gasteiger partial charge on any atom is 0.274 e. The van der Waals surface area contributed by atoms with Crippen LogP contribution in [0.5, 0.6) is 0 Å². The molecule has 3 heterocycles. The Bertz CT molecular complexity index is 1010. The van der Waals surface area contributed by atoms with Crippen LogP contribution in [0.2, 0.25) is 0 Å². The second-order valence-electron chi connectivity index (χ2n) is 7.48. The Morgan fingerprint density at radius 2 is 1.65 bits per heavy atom. The van der Waals surface area contributed by atoms with E-state index in [1.807, 2.05) is 29.3 Å². The van der Waals surface area contributed by atoms with Crippen LogP contribution in [0.25, 0.3) is 6.08 Å². The molecule has 0 radical (unpaired) electrons. The van der Waals surface area contributed by atoms with Crippen molar-refractivity contribution >= 4 is 27.8 Å². The third-order valence-electron chi connectivity index (χ3n) is 5.53. The highest BCUT2D eigenvalue weighted by molar-refractivity contribution is 7.89. The number of hydrogen-bond donors (Lipinski definition) is 0. The number of aromatic amines is 1. The lowest BCUT2D eigenvalue weighted by Gasteiger charge is -2.30. The Labute approximate surface area is 182 Å². The van der Waals surface area contributed by atoms with Crippen LogP contribution in [-0.4, -0.2) is 76.0 Å². The molecule has 31 heavy (non-hydrogen) atoms. The van der Waals surface area contributed by atoms with Crippen LogP contribution < -0.4 is 9.88 Å². The van der Waals surface area contributed by atoms with E-state index >= 15 is 0 Å². The van der Waals surface area contributed by atoms with Crippen LogP contribution in [0.1, 0.15) is 5.56 Å². The summed E-state index contributed by atoms with van der Waals surface area (Å²) in [4.78, 5) is 20.1. The predicted molar refractivity (Wildman–Crippen MR) is 117 cm³/mol. The predicted octanol–water partition coefficient (Wildman–Crippen LogP) is 0.884. The van der Waals surface area contributed by atoms with Crippen molar-refractivity contribution in [1.82, 2.24) is 9.21 Å². The molecule has 9 heteroatoms. The van der Waals surface area contributed by atoms with Gasteiger partial charge in [-0.15, -0.1) is 0 Å². The third-order valence-corrected chi connectivity index (χ3v) is 7.44. The van der Waals surface area contributed by atoms with Crippen molar-refractivity contribution in [3.05, 3.63) is 60.3 Å². The summed E-state index contributed by atoms with van der Waals surface area (Å²) in [7, 11) is -3.51. The molecular formula is C22H27N4O4S+. The van der Waals surface area contributed by atoms with Gasteiger partial charge in [-0.2, -0.15) is 4.31 Å². The highest BCUT2D eigenvalue weighted by Gasteiger charge is 2.26. The van der Waals surface area contributed by atoms with Gasteiger partial charge in [-0.05, 0) is 29.8 Å². The van der Waals surface area contributed by atoms with Gasteiger partial charge in [0.05, 0.1) is 37.4 Å². The van der Waals surface area contributed by atoms with Gasteiger partial charge in [0.15, 0.2) is 0 Å². The van der Waals surface area contributed by atoms with Gasteiger partial charge in [-0.1, -0.05) is 18.2 Å². The van der Waals surface area contributed by atoms with Gasteiger partial charge in [0.1, 0.15) is 13.1 Å². The van der Waals surface area contributed by atoms with Crippen molar-refractivity contribution in [3.63, 3.8) is 0 Å². The molecule has 0 unspecified atom stereocenters. The Kier molecular flexibility index (Phi) is 6.64. The summed E-state index contributed by atoms with van der Waals surface area (Å²) in [5.41, 5.74) is 0.784. The van der Waals surface area contributed by atoms with E-state index in [-0.39, 0.29) is 10.8 Å². The molecule has 4 rings (SSSR count). The summed E-state index contributed by atoms with van der Waals surface area (Å²) in [6.45, 7) is 4.43. The van der Waals surface area contributed by atoms with E-state index < -0.39 is 10.0 Å². The van der Waals surface area contributed by atoms with E-state index in [9.17, 15) is 13.2 Å². The molecule has 1 aromatic heterocycles. The number of nitrogens with zero attached hydrogens (tertiary/aromatic N) is 3. The lowest BCUT2D eigenvalue weighted by Crippen LogP contribution is -2.49. The maximum atomic E-state index is 12.7. The Balaban J connectivity index is 1.33. The zero-order valence-electron chi connectivity index (χ0n) is 17.3. The molecule has 164 valence electrons. The van der Waals surface area contributed by atoms with Crippen molar-refractivity contribution in [2.45, 2.75) is 4.90 Å². The minimum Gasteiger partial charge on any atom is -0.379 e. The summed E-state index contributed by atoms with van der Waals surface area (Å²) in [6, 6.07) is 12.6. The fourth-order valence-electron chi connectivity index (χ4n) is 3.71. The van der Waals surface area contributed by atoms with Crippen molar-refractivity contribution in [2.24, 2.45) is 0 Å². The number of H-pyrrole nitrogens is 1. The van der Waals surface area contributed by atoms with Crippen molar-refractivity contribution in [3.8, 4) is 0 Å². The molecule has 8 nitrogen and oxygen atoms in total. The van der Waals surface area contributed by atoms with Crippen LogP contribution >= 0.6 is 0 Å². The minimum atomic E-state index is -3.51. The molecular weight excluding hydrogens is 416 g/mol. The normalized spacial score (nSPS) is 18.5.